The van der Waals surface area contributed by atoms with E-state index in [1.54, 1.807) is 7.11 Å². The van der Waals surface area contributed by atoms with Gasteiger partial charge >= 0.3 is 0 Å². The van der Waals surface area contributed by atoms with Crippen LogP contribution in [0, 0.1) is 0 Å². The molecule has 1 saturated heterocycles. The monoisotopic (exact) mass is 263 g/mol. The van der Waals surface area contributed by atoms with Crippen molar-refractivity contribution in [3.05, 3.63) is 28.8 Å². The maximum absolute atomic E-state index is 5.96. The van der Waals surface area contributed by atoms with Gasteiger partial charge in [-0.1, -0.05) is 17.7 Å². The molecule has 1 atom stereocenters. The summed E-state index contributed by atoms with van der Waals surface area (Å²) in [6.45, 7) is 2.36. The number of ether oxygens (including phenoxy) is 2. The van der Waals surface area contributed by atoms with Gasteiger partial charge in [0.25, 0.3) is 0 Å². The third kappa shape index (κ3) is 3.01. The standard InChI is InChI=1S/C11H14ClNO2.ClH/c1-14-11-6-8(2-3-9(11)12)10-7-15-5-4-13-10;/h2-3,6,10,13H,4-5,7H2,1H3;1H/t10-;/m1./s1. The Morgan fingerprint density at radius 2 is 2.31 bits per heavy atom. The minimum atomic E-state index is 0. The number of benzene rings is 1. The van der Waals surface area contributed by atoms with Gasteiger partial charge in [0.2, 0.25) is 0 Å². The van der Waals surface area contributed by atoms with Gasteiger partial charge in [-0.3, -0.25) is 0 Å². The van der Waals surface area contributed by atoms with Gasteiger partial charge in [0, 0.05) is 6.54 Å². The Hall–Kier alpha value is -0.480. The second kappa shape index (κ2) is 6.30. The minimum Gasteiger partial charge on any atom is -0.495 e. The molecule has 0 saturated carbocycles. The van der Waals surface area contributed by atoms with Crippen molar-refractivity contribution in [1.82, 2.24) is 5.32 Å². The summed E-state index contributed by atoms with van der Waals surface area (Å²) in [4.78, 5) is 0. The smallest absolute Gasteiger partial charge is 0.137 e. The molecule has 1 heterocycles. The zero-order chi connectivity index (χ0) is 10.7. The molecule has 5 heteroatoms. The molecule has 0 radical (unpaired) electrons. The number of hydrogen-bond donors (Lipinski definition) is 1. The van der Waals surface area contributed by atoms with Crippen molar-refractivity contribution >= 4 is 24.0 Å². The molecule has 16 heavy (non-hydrogen) atoms. The molecule has 1 N–H and O–H groups in total. The topological polar surface area (TPSA) is 30.5 Å². The minimum absolute atomic E-state index is 0. The number of morpholine rings is 1. The van der Waals surface area contributed by atoms with Gasteiger partial charge in [0.1, 0.15) is 5.75 Å². The van der Waals surface area contributed by atoms with Crippen molar-refractivity contribution in [2.24, 2.45) is 0 Å². The SMILES string of the molecule is COc1cc([C@H]2COCCN2)ccc1Cl.Cl. The van der Waals surface area contributed by atoms with Crippen LogP contribution in [-0.2, 0) is 4.74 Å². The Morgan fingerprint density at radius 1 is 1.50 bits per heavy atom. The van der Waals surface area contributed by atoms with E-state index >= 15 is 0 Å². The van der Waals surface area contributed by atoms with Crippen LogP contribution >= 0.6 is 24.0 Å². The van der Waals surface area contributed by atoms with Crippen molar-refractivity contribution in [3.8, 4) is 5.75 Å². The number of halogens is 2. The third-order valence-corrected chi connectivity index (χ3v) is 2.81. The molecule has 0 aromatic heterocycles. The molecule has 1 fully saturated rings. The summed E-state index contributed by atoms with van der Waals surface area (Å²) in [7, 11) is 1.62. The highest BCUT2D eigenvalue weighted by molar-refractivity contribution is 6.32. The van der Waals surface area contributed by atoms with Gasteiger partial charge in [-0.15, -0.1) is 12.4 Å². The molecule has 2 rings (SSSR count). The van der Waals surface area contributed by atoms with Crippen LogP contribution in [0.3, 0.4) is 0 Å². The molecule has 0 bridgehead atoms. The van der Waals surface area contributed by atoms with Crippen molar-refractivity contribution in [3.63, 3.8) is 0 Å². The van der Waals surface area contributed by atoms with E-state index in [9.17, 15) is 0 Å². The Labute approximate surface area is 106 Å². The first-order valence-corrected chi connectivity index (χ1v) is 5.33. The highest BCUT2D eigenvalue weighted by Crippen LogP contribution is 2.28. The Bertz CT molecular complexity index is 341. The van der Waals surface area contributed by atoms with E-state index in [-0.39, 0.29) is 18.4 Å². The van der Waals surface area contributed by atoms with E-state index in [0.717, 1.165) is 18.7 Å². The predicted molar refractivity (Wildman–Crippen MR) is 66.8 cm³/mol. The lowest BCUT2D eigenvalue weighted by molar-refractivity contribution is 0.0768. The maximum Gasteiger partial charge on any atom is 0.137 e. The average molecular weight is 264 g/mol. The van der Waals surface area contributed by atoms with Crippen LogP contribution in [0.25, 0.3) is 0 Å². The molecule has 0 unspecified atom stereocenters. The number of hydrogen-bond acceptors (Lipinski definition) is 3. The predicted octanol–water partition coefficient (Wildman–Crippen LogP) is 2.43. The van der Waals surface area contributed by atoms with E-state index in [1.165, 1.54) is 0 Å². The van der Waals surface area contributed by atoms with Gasteiger partial charge in [0.15, 0.2) is 0 Å². The van der Waals surface area contributed by atoms with Crippen molar-refractivity contribution < 1.29 is 9.47 Å². The summed E-state index contributed by atoms with van der Waals surface area (Å²) in [6, 6.07) is 6.04. The third-order valence-electron chi connectivity index (χ3n) is 2.50. The average Bonchev–Trinajstić information content (AvgIpc) is 2.31. The first kappa shape index (κ1) is 13.6. The van der Waals surface area contributed by atoms with E-state index in [0.29, 0.717) is 17.4 Å². The molecule has 0 amide bonds. The van der Waals surface area contributed by atoms with Crippen LogP contribution in [0.2, 0.25) is 5.02 Å². The van der Waals surface area contributed by atoms with E-state index < -0.39 is 0 Å². The van der Waals surface area contributed by atoms with Gasteiger partial charge in [0.05, 0.1) is 31.4 Å². The molecule has 0 aliphatic carbocycles. The molecule has 1 aromatic carbocycles. The zero-order valence-corrected chi connectivity index (χ0v) is 10.6. The Morgan fingerprint density at radius 3 is 2.94 bits per heavy atom. The van der Waals surface area contributed by atoms with Gasteiger partial charge in [-0.05, 0) is 17.7 Å². The molecule has 1 aliphatic rings. The maximum atomic E-state index is 5.96. The highest BCUT2D eigenvalue weighted by atomic mass is 35.5. The highest BCUT2D eigenvalue weighted by Gasteiger charge is 2.16. The lowest BCUT2D eigenvalue weighted by Crippen LogP contribution is -2.34. The lowest BCUT2D eigenvalue weighted by atomic mass is 10.1. The number of methoxy groups -OCH3 is 1. The fourth-order valence-corrected chi connectivity index (χ4v) is 1.87. The Kier molecular flexibility index (Phi) is 5.35. The quantitative estimate of drug-likeness (QED) is 0.889. The molecule has 3 nitrogen and oxygen atoms in total. The van der Waals surface area contributed by atoms with Crippen LogP contribution in [0.1, 0.15) is 11.6 Å². The summed E-state index contributed by atoms with van der Waals surface area (Å²) in [5, 5.41) is 4.02. The van der Waals surface area contributed by atoms with Gasteiger partial charge < -0.3 is 14.8 Å². The summed E-state index contributed by atoms with van der Waals surface area (Å²) in [5.74, 6) is 0.710. The molecule has 90 valence electrons. The second-order valence-electron chi connectivity index (χ2n) is 3.48. The van der Waals surface area contributed by atoms with E-state index in [4.69, 9.17) is 21.1 Å². The zero-order valence-electron chi connectivity index (χ0n) is 9.03. The van der Waals surface area contributed by atoms with Crippen molar-refractivity contribution in [1.29, 1.82) is 0 Å². The van der Waals surface area contributed by atoms with Crippen LogP contribution < -0.4 is 10.1 Å². The molecular weight excluding hydrogens is 249 g/mol. The fraction of sp³-hybridized carbons (Fsp3) is 0.455. The first-order chi connectivity index (χ1) is 7.31. The summed E-state index contributed by atoms with van der Waals surface area (Å²) >= 11 is 5.96. The van der Waals surface area contributed by atoms with Gasteiger partial charge in [-0.25, -0.2) is 0 Å². The Balaban J connectivity index is 0.00000128. The lowest BCUT2D eigenvalue weighted by Gasteiger charge is -2.24. The fourth-order valence-electron chi connectivity index (χ4n) is 1.67. The first-order valence-electron chi connectivity index (χ1n) is 4.96. The largest absolute Gasteiger partial charge is 0.495 e. The van der Waals surface area contributed by atoms with Crippen LogP contribution in [0.15, 0.2) is 18.2 Å². The van der Waals surface area contributed by atoms with Crippen LogP contribution in [0.4, 0.5) is 0 Å². The van der Waals surface area contributed by atoms with Crippen molar-refractivity contribution in [2.75, 3.05) is 26.9 Å². The molecule has 1 aliphatic heterocycles. The summed E-state index contributed by atoms with van der Waals surface area (Å²) in [6.07, 6.45) is 0. The summed E-state index contributed by atoms with van der Waals surface area (Å²) in [5.41, 5.74) is 1.15. The normalized spacial score (nSPS) is 20.0. The van der Waals surface area contributed by atoms with Crippen molar-refractivity contribution in [2.45, 2.75) is 6.04 Å². The number of nitrogens with one attached hydrogen (secondary N) is 1. The van der Waals surface area contributed by atoms with Crippen LogP contribution in [-0.4, -0.2) is 26.9 Å². The van der Waals surface area contributed by atoms with Gasteiger partial charge in [-0.2, -0.15) is 0 Å². The molecular formula is C11H15Cl2NO2. The molecule has 0 spiro atoms. The van der Waals surface area contributed by atoms with E-state index in [2.05, 4.69) is 5.32 Å². The molecule has 1 aromatic rings. The number of rotatable bonds is 2. The van der Waals surface area contributed by atoms with E-state index in [1.807, 2.05) is 18.2 Å². The second-order valence-corrected chi connectivity index (χ2v) is 3.88. The van der Waals surface area contributed by atoms with Crippen LogP contribution in [0.5, 0.6) is 5.75 Å². The summed E-state index contributed by atoms with van der Waals surface area (Å²) < 4.78 is 10.6.